The summed E-state index contributed by atoms with van der Waals surface area (Å²) in [5.41, 5.74) is 1.07. The van der Waals surface area contributed by atoms with E-state index < -0.39 is 0 Å². The molecule has 0 aliphatic rings. The molecule has 0 bridgehead atoms. The highest BCUT2D eigenvalue weighted by molar-refractivity contribution is 7.09. The molecule has 0 saturated carbocycles. The molecule has 0 radical (unpaired) electrons. The van der Waals surface area contributed by atoms with E-state index in [4.69, 9.17) is 4.74 Å². The van der Waals surface area contributed by atoms with Gasteiger partial charge in [0, 0.05) is 31.4 Å². The molecule has 0 aromatic carbocycles. The molecule has 2 heterocycles. The normalized spacial score (nSPS) is 10.7. The molecule has 0 spiro atoms. The van der Waals surface area contributed by atoms with E-state index in [1.165, 1.54) is 0 Å². The topological polar surface area (TPSA) is 52.0 Å². The zero-order valence-corrected chi connectivity index (χ0v) is 10.8. The number of hydrogen-bond acceptors (Lipinski definition) is 5. The van der Waals surface area contributed by atoms with E-state index in [0.29, 0.717) is 6.61 Å². The van der Waals surface area contributed by atoms with Crippen molar-refractivity contribution in [2.24, 2.45) is 0 Å². The van der Waals surface area contributed by atoms with Crippen LogP contribution in [-0.4, -0.2) is 34.8 Å². The lowest BCUT2D eigenvalue weighted by molar-refractivity contribution is 0.210. The molecule has 0 aliphatic heterocycles. The molecule has 0 aliphatic carbocycles. The molecular weight excluding hydrogens is 236 g/mol. The molecular formula is C11H16N4OS. The Morgan fingerprint density at radius 2 is 2.41 bits per heavy atom. The summed E-state index contributed by atoms with van der Waals surface area (Å²) in [7, 11) is 1.69. The summed E-state index contributed by atoms with van der Waals surface area (Å²) in [5.74, 6) is 0.854. The van der Waals surface area contributed by atoms with Crippen LogP contribution in [0.4, 0.5) is 5.95 Å². The molecule has 92 valence electrons. The molecule has 0 atom stereocenters. The number of imidazole rings is 1. The number of thiazole rings is 1. The highest BCUT2D eigenvalue weighted by Gasteiger charge is 2.04. The van der Waals surface area contributed by atoms with Crippen molar-refractivity contribution >= 4 is 17.3 Å². The van der Waals surface area contributed by atoms with Crippen molar-refractivity contribution in [2.75, 3.05) is 25.6 Å². The Morgan fingerprint density at radius 3 is 3.12 bits per heavy atom. The monoisotopic (exact) mass is 252 g/mol. The van der Waals surface area contributed by atoms with Gasteiger partial charge in [0.05, 0.1) is 23.9 Å². The predicted molar refractivity (Wildman–Crippen MR) is 68.5 cm³/mol. The van der Waals surface area contributed by atoms with Crippen LogP contribution in [0.5, 0.6) is 0 Å². The average molecular weight is 252 g/mol. The van der Waals surface area contributed by atoms with Gasteiger partial charge in [-0.25, -0.2) is 9.97 Å². The van der Waals surface area contributed by atoms with Crippen LogP contribution in [0.1, 0.15) is 10.7 Å². The van der Waals surface area contributed by atoms with Crippen LogP contribution in [0, 0.1) is 6.92 Å². The van der Waals surface area contributed by atoms with E-state index in [0.717, 1.165) is 29.7 Å². The van der Waals surface area contributed by atoms with Crippen LogP contribution >= 0.6 is 11.3 Å². The summed E-state index contributed by atoms with van der Waals surface area (Å²) < 4.78 is 7.04. The third-order valence-corrected chi connectivity index (χ3v) is 3.13. The summed E-state index contributed by atoms with van der Waals surface area (Å²) in [6.45, 7) is 4.19. The summed E-state index contributed by atoms with van der Waals surface area (Å²) in [6, 6.07) is 0. The van der Waals surface area contributed by atoms with Crippen LogP contribution in [-0.2, 0) is 11.3 Å². The zero-order valence-electron chi connectivity index (χ0n) is 10.0. The maximum Gasteiger partial charge on any atom is 0.203 e. The summed E-state index contributed by atoms with van der Waals surface area (Å²) in [5, 5.41) is 6.39. The zero-order chi connectivity index (χ0) is 12.1. The van der Waals surface area contributed by atoms with E-state index in [2.05, 4.69) is 20.7 Å². The maximum absolute atomic E-state index is 4.99. The second-order valence-corrected chi connectivity index (χ2v) is 4.72. The van der Waals surface area contributed by atoms with Crippen molar-refractivity contribution in [2.45, 2.75) is 13.5 Å². The van der Waals surface area contributed by atoms with Gasteiger partial charge in [-0.15, -0.1) is 11.3 Å². The lowest BCUT2D eigenvalue weighted by Gasteiger charge is -2.07. The first-order valence-electron chi connectivity index (χ1n) is 5.44. The number of nitrogens with one attached hydrogen (secondary N) is 1. The molecule has 17 heavy (non-hydrogen) atoms. The molecule has 0 unspecified atom stereocenters. The van der Waals surface area contributed by atoms with Crippen LogP contribution in [0.15, 0.2) is 17.8 Å². The van der Waals surface area contributed by atoms with Crippen molar-refractivity contribution in [1.82, 2.24) is 14.5 Å². The minimum atomic E-state index is 0.669. The number of aryl methyl sites for hydroxylation is 1. The fourth-order valence-corrected chi connectivity index (χ4v) is 2.13. The Morgan fingerprint density at radius 1 is 1.53 bits per heavy atom. The Kier molecular flexibility index (Phi) is 4.11. The van der Waals surface area contributed by atoms with Gasteiger partial charge in [0.2, 0.25) is 5.95 Å². The van der Waals surface area contributed by atoms with Crippen LogP contribution in [0.3, 0.4) is 0 Å². The highest BCUT2D eigenvalue weighted by Crippen LogP contribution is 2.12. The van der Waals surface area contributed by atoms with Crippen LogP contribution in [0.25, 0.3) is 0 Å². The second kappa shape index (κ2) is 5.79. The average Bonchev–Trinajstić information content (AvgIpc) is 2.90. The lowest BCUT2D eigenvalue weighted by atomic mass is 10.5. The SMILES string of the molecule is COCCNc1nccn1Cc1csc(C)n1. The number of rotatable bonds is 6. The summed E-state index contributed by atoms with van der Waals surface area (Å²) in [4.78, 5) is 8.70. The molecule has 0 amide bonds. The van der Waals surface area contributed by atoms with Crippen LogP contribution < -0.4 is 5.32 Å². The minimum absolute atomic E-state index is 0.669. The van der Waals surface area contributed by atoms with Gasteiger partial charge >= 0.3 is 0 Å². The summed E-state index contributed by atoms with van der Waals surface area (Å²) in [6.07, 6.45) is 3.73. The second-order valence-electron chi connectivity index (χ2n) is 3.66. The standard InChI is InChI=1S/C11H16N4OS/c1-9-14-10(8-17-9)7-15-5-3-12-11(15)13-4-6-16-2/h3,5,8H,4,6-7H2,1-2H3,(H,12,13). The molecule has 5 nitrogen and oxygen atoms in total. The third-order valence-electron chi connectivity index (χ3n) is 2.30. The largest absolute Gasteiger partial charge is 0.383 e. The van der Waals surface area contributed by atoms with Crippen molar-refractivity contribution in [3.8, 4) is 0 Å². The number of hydrogen-bond donors (Lipinski definition) is 1. The van der Waals surface area contributed by atoms with Gasteiger partial charge in [0.25, 0.3) is 0 Å². The van der Waals surface area contributed by atoms with Crippen molar-refractivity contribution in [1.29, 1.82) is 0 Å². The smallest absolute Gasteiger partial charge is 0.203 e. The summed E-state index contributed by atoms with van der Waals surface area (Å²) >= 11 is 1.67. The van der Waals surface area contributed by atoms with Gasteiger partial charge in [0.1, 0.15) is 0 Å². The molecule has 6 heteroatoms. The van der Waals surface area contributed by atoms with Crippen molar-refractivity contribution < 1.29 is 4.74 Å². The molecule has 2 aromatic heterocycles. The van der Waals surface area contributed by atoms with E-state index in [1.807, 2.05) is 17.7 Å². The third kappa shape index (κ3) is 3.28. The highest BCUT2D eigenvalue weighted by atomic mass is 32.1. The Balaban J connectivity index is 1.98. The van der Waals surface area contributed by atoms with Gasteiger partial charge in [-0.1, -0.05) is 0 Å². The van der Waals surface area contributed by atoms with E-state index in [-0.39, 0.29) is 0 Å². The van der Waals surface area contributed by atoms with E-state index >= 15 is 0 Å². The van der Waals surface area contributed by atoms with Crippen LogP contribution in [0.2, 0.25) is 0 Å². The number of ether oxygens (including phenoxy) is 1. The van der Waals surface area contributed by atoms with Gasteiger partial charge in [-0.05, 0) is 6.92 Å². The van der Waals surface area contributed by atoms with E-state index in [1.54, 1.807) is 24.6 Å². The fraction of sp³-hybridized carbons (Fsp3) is 0.455. The first kappa shape index (κ1) is 12.1. The predicted octanol–water partition coefficient (Wildman–Crippen LogP) is 1.75. The lowest BCUT2D eigenvalue weighted by Crippen LogP contribution is -2.12. The first-order chi connectivity index (χ1) is 8.29. The molecule has 2 aromatic rings. The maximum atomic E-state index is 4.99. The van der Waals surface area contributed by atoms with Gasteiger partial charge < -0.3 is 14.6 Å². The van der Waals surface area contributed by atoms with Crippen molar-refractivity contribution in [3.05, 3.63) is 28.5 Å². The molecule has 0 saturated heterocycles. The quantitative estimate of drug-likeness (QED) is 0.796. The fourth-order valence-electron chi connectivity index (χ4n) is 1.52. The van der Waals surface area contributed by atoms with Crippen molar-refractivity contribution in [3.63, 3.8) is 0 Å². The minimum Gasteiger partial charge on any atom is -0.383 e. The number of aromatic nitrogens is 3. The Hall–Kier alpha value is -1.40. The number of nitrogens with zero attached hydrogens (tertiary/aromatic N) is 3. The molecule has 2 rings (SSSR count). The number of anilines is 1. The molecule has 1 N–H and O–H groups in total. The van der Waals surface area contributed by atoms with Gasteiger partial charge in [-0.3, -0.25) is 0 Å². The Labute approximate surface area is 104 Å². The van der Waals surface area contributed by atoms with E-state index in [9.17, 15) is 0 Å². The van der Waals surface area contributed by atoms with Gasteiger partial charge in [-0.2, -0.15) is 0 Å². The first-order valence-corrected chi connectivity index (χ1v) is 6.32. The molecule has 0 fully saturated rings. The van der Waals surface area contributed by atoms with Gasteiger partial charge in [0.15, 0.2) is 0 Å². The Bertz CT molecular complexity index is 465. The number of methoxy groups -OCH3 is 1.